The van der Waals surface area contributed by atoms with E-state index >= 15 is 0 Å². The lowest BCUT2D eigenvalue weighted by Crippen LogP contribution is -2.20. The molecule has 3 aromatic rings. The molecule has 3 rings (SSSR count). The Morgan fingerprint density at radius 3 is 1.46 bits per heavy atom. The summed E-state index contributed by atoms with van der Waals surface area (Å²) in [6, 6.07) is 24.9. The maximum Gasteiger partial charge on any atom is 0.248 e. The van der Waals surface area contributed by atoms with Crippen molar-refractivity contribution in [1.29, 1.82) is 0 Å². The topological polar surface area (TPSA) is 43.1 Å². The van der Waals surface area contributed by atoms with E-state index in [2.05, 4.69) is 125 Å². The van der Waals surface area contributed by atoms with Crippen molar-refractivity contribution in [3.05, 3.63) is 106 Å². The van der Waals surface area contributed by atoms with Gasteiger partial charge in [0.1, 0.15) is 0 Å². The van der Waals surface area contributed by atoms with Gasteiger partial charge >= 0.3 is 0 Å². The number of rotatable bonds is 1. The number of amides is 1. The Labute approximate surface area is 215 Å². The van der Waals surface area contributed by atoms with Crippen molar-refractivity contribution in [3.63, 3.8) is 0 Å². The van der Waals surface area contributed by atoms with Gasteiger partial charge in [-0.15, -0.1) is 0 Å². The van der Waals surface area contributed by atoms with Gasteiger partial charge in [-0.25, -0.2) is 0 Å². The van der Waals surface area contributed by atoms with Crippen LogP contribution in [0.15, 0.2) is 72.8 Å². The first-order valence-electron chi connectivity index (χ1n) is 12.5. The number of carbonyl (C=O) groups is 1. The molecule has 2 heteroatoms. The Hall–Kier alpha value is -2.87. The monoisotopic (exact) mass is 473 g/mol. The summed E-state index contributed by atoms with van der Waals surface area (Å²) in [6.45, 7) is 23.9. The van der Waals surface area contributed by atoms with Crippen molar-refractivity contribution in [3.8, 4) is 0 Å². The molecule has 0 heterocycles. The smallest absolute Gasteiger partial charge is 0.248 e. The van der Waals surface area contributed by atoms with E-state index < -0.39 is 0 Å². The van der Waals surface area contributed by atoms with Gasteiger partial charge in [-0.2, -0.15) is 0 Å². The first-order chi connectivity index (χ1) is 15.9. The molecule has 35 heavy (non-hydrogen) atoms. The van der Waals surface area contributed by atoms with Gasteiger partial charge in [0, 0.05) is 5.56 Å². The molecule has 0 spiro atoms. The van der Waals surface area contributed by atoms with Gasteiger partial charge < -0.3 is 5.73 Å². The highest BCUT2D eigenvalue weighted by Gasteiger charge is 2.19. The van der Waals surface area contributed by atoms with Crippen molar-refractivity contribution in [2.75, 3.05) is 0 Å². The molecule has 0 radical (unpaired) electrons. The lowest BCUT2D eigenvalue weighted by molar-refractivity contribution is 0.0998. The first-order valence-corrected chi connectivity index (χ1v) is 12.5. The van der Waals surface area contributed by atoms with E-state index in [-0.39, 0.29) is 22.2 Å². The lowest BCUT2D eigenvalue weighted by Gasteiger charge is -2.21. The molecular weight excluding hydrogens is 426 g/mol. The molecular formula is C33H47NO. The summed E-state index contributed by atoms with van der Waals surface area (Å²) < 4.78 is 0. The van der Waals surface area contributed by atoms with Gasteiger partial charge in [0.05, 0.1) is 0 Å². The number of aryl methyl sites for hydroxylation is 2. The van der Waals surface area contributed by atoms with Gasteiger partial charge in [-0.05, 0) is 52.8 Å². The second-order valence-corrected chi connectivity index (χ2v) is 12.4. The fourth-order valence-electron chi connectivity index (χ4n) is 3.52. The number of nitrogens with two attached hydrogens (primary N) is 1. The number of carbonyl (C=O) groups excluding carboxylic acids is 1. The molecule has 0 atom stereocenters. The van der Waals surface area contributed by atoms with Crippen LogP contribution in [0.3, 0.4) is 0 Å². The third-order valence-electron chi connectivity index (χ3n) is 5.80. The van der Waals surface area contributed by atoms with Crippen molar-refractivity contribution in [2.45, 2.75) is 92.4 Å². The molecule has 0 saturated heterocycles. The molecule has 0 saturated carbocycles. The maximum absolute atomic E-state index is 11.1. The normalized spacial score (nSPS) is 11.5. The van der Waals surface area contributed by atoms with E-state index in [4.69, 9.17) is 5.73 Å². The fraction of sp³-hybridized carbons (Fsp3) is 0.424. The van der Waals surface area contributed by atoms with E-state index in [1.807, 2.05) is 18.2 Å². The van der Waals surface area contributed by atoms with Gasteiger partial charge in [0.2, 0.25) is 5.91 Å². The molecule has 3 aromatic carbocycles. The average Bonchev–Trinajstić information content (AvgIpc) is 2.73. The van der Waals surface area contributed by atoms with Crippen LogP contribution in [0.4, 0.5) is 0 Å². The second kappa shape index (κ2) is 12.2. The molecule has 0 aliphatic rings. The van der Waals surface area contributed by atoms with E-state index in [1.54, 1.807) is 6.07 Å². The highest BCUT2D eigenvalue weighted by atomic mass is 16.1. The standard InChI is InChI=1S/C11H15NO.2C11H16/c1-11(2,3)9-7-5-4-6-8(9)10(12)13;1-9-5-7-10(8-6-9)11(2,3)4;1-9-6-5-7-10(8-9)11(2,3)4/h4-7H,1-3H3,(H2,12,13);2*5-8H,1-4H3. The number of benzene rings is 3. The molecule has 0 bridgehead atoms. The number of primary amides is 1. The number of hydrogen-bond acceptors (Lipinski definition) is 1. The van der Waals surface area contributed by atoms with Crippen LogP contribution in [0.5, 0.6) is 0 Å². The lowest BCUT2D eigenvalue weighted by atomic mass is 9.83. The summed E-state index contributed by atoms with van der Waals surface area (Å²) in [4.78, 5) is 11.1. The van der Waals surface area contributed by atoms with Crippen molar-refractivity contribution >= 4 is 5.91 Å². The van der Waals surface area contributed by atoms with Crippen LogP contribution in [0.2, 0.25) is 0 Å². The predicted molar refractivity (Wildman–Crippen MR) is 153 cm³/mol. The van der Waals surface area contributed by atoms with Gasteiger partial charge in [-0.1, -0.05) is 140 Å². The van der Waals surface area contributed by atoms with Crippen molar-refractivity contribution in [1.82, 2.24) is 0 Å². The molecule has 0 fully saturated rings. The highest BCUT2D eigenvalue weighted by molar-refractivity contribution is 5.94. The molecule has 0 aromatic heterocycles. The molecule has 1 amide bonds. The van der Waals surface area contributed by atoms with Crippen LogP contribution in [-0.2, 0) is 16.2 Å². The van der Waals surface area contributed by atoms with Crippen molar-refractivity contribution in [2.24, 2.45) is 5.73 Å². The minimum absolute atomic E-state index is 0.0361. The molecule has 0 aliphatic heterocycles. The van der Waals surface area contributed by atoms with Crippen LogP contribution in [0.25, 0.3) is 0 Å². The van der Waals surface area contributed by atoms with Gasteiger partial charge in [-0.3, -0.25) is 4.79 Å². The quantitative estimate of drug-likeness (QED) is 0.377. The molecule has 190 valence electrons. The Kier molecular flexibility index (Phi) is 10.5. The van der Waals surface area contributed by atoms with Crippen molar-refractivity contribution < 1.29 is 4.79 Å². The van der Waals surface area contributed by atoms with E-state index in [9.17, 15) is 4.79 Å². The molecule has 2 nitrogen and oxygen atoms in total. The summed E-state index contributed by atoms with van der Waals surface area (Å²) in [6.07, 6.45) is 0. The summed E-state index contributed by atoms with van der Waals surface area (Å²) in [5, 5.41) is 0. The first kappa shape index (κ1) is 30.2. The third-order valence-corrected chi connectivity index (χ3v) is 5.80. The zero-order chi connectivity index (χ0) is 27.0. The minimum Gasteiger partial charge on any atom is -0.366 e. The highest BCUT2D eigenvalue weighted by Crippen LogP contribution is 2.25. The molecule has 0 unspecified atom stereocenters. The second-order valence-electron chi connectivity index (χ2n) is 12.4. The van der Waals surface area contributed by atoms with Gasteiger partial charge in [0.25, 0.3) is 0 Å². The zero-order valence-corrected chi connectivity index (χ0v) is 23.9. The average molecular weight is 474 g/mol. The Morgan fingerprint density at radius 1 is 0.571 bits per heavy atom. The maximum atomic E-state index is 11.1. The van der Waals surface area contributed by atoms with Crippen LogP contribution in [0.1, 0.15) is 100 Å². The van der Waals surface area contributed by atoms with Crippen LogP contribution < -0.4 is 5.73 Å². The zero-order valence-electron chi connectivity index (χ0n) is 23.9. The van der Waals surface area contributed by atoms with Crippen LogP contribution in [-0.4, -0.2) is 5.91 Å². The Morgan fingerprint density at radius 2 is 1.09 bits per heavy atom. The fourth-order valence-corrected chi connectivity index (χ4v) is 3.52. The predicted octanol–water partition coefficient (Wildman–Crippen LogP) is 8.67. The van der Waals surface area contributed by atoms with Crippen LogP contribution in [0, 0.1) is 13.8 Å². The van der Waals surface area contributed by atoms with E-state index in [0.717, 1.165) is 5.56 Å². The van der Waals surface area contributed by atoms with Crippen LogP contribution >= 0.6 is 0 Å². The molecule has 2 N–H and O–H groups in total. The largest absolute Gasteiger partial charge is 0.366 e. The summed E-state index contributed by atoms with van der Waals surface area (Å²) in [5.41, 5.74) is 12.9. The Bertz CT molecular complexity index is 1070. The summed E-state index contributed by atoms with van der Waals surface area (Å²) in [5.74, 6) is -0.356. The van der Waals surface area contributed by atoms with E-state index in [0.29, 0.717) is 5.56 Å². The number of hydrogen-bond donors (Lipinski definition) is 1. The van der Waals surface area contributed by atoms with E-state index in [1.165, 1.54) is 22.3 Å². The summed E-state index contributed by atoms with van der Waals surface area (Å²) in [7, 11) is 0. The minimum atomic E-state index is -0.356. The SMILES string of the molecule is CC(C)(C)c1ccccc1C(N)=O.Cc1ccc(C(C)(C)C)cc1.Cc1cccc(C(C)(C)C)c1. The van der Waals surface area contributed by atoms with Gasteiger partial charge in [0.15, 0.2) is 0 Å². The summed E-state index contributed by atoms with van der Waals surface area (Å²) >= 11 is 0. The Balaban J connectivity index is 0.000000264. The third kappa shape index (κ3) is 10.5. The molecule has 0 aliphatic carbocycles.